The van der Waals surface area contributed by atoms with Crippen molar-refractivity contribution < 1.29 is 4.74 Å². The minimum absolute atomic E-state index is 0.265. The van der Waals surface area contributed by atoms with Crippen LogP contribution in [-0.2, 0) is 12.8 Å². The third-order valence-electron chi connectivity index (χ3n) is 4.22. The lowest BCUT2D eigenvalue weighted by molar-refractivity contribution is 0.213. The van der Waals surface area contributed by atoms with E-state index in [0.717, 1.165) is 31.4 Å². The zero-order valence-corrected chi connectivity index (χ0v) is 12.4. The molecule has 104 valence electrons. The van der Waals surface area contributed by atoms with Crippen molar-refractivity contribution in [3.63, 3.8) is 0 Å². The Morgan fingerprint density at radius 2 is 2.32 bits per heavy atom. The van der Waals surface area contributed by atoms with Crippen LogP contribution in [0.2, 0.25) is 0 Å². The number of ether oxygens (including phenoxy) is 1. The van der Waals surface area contributed by atoms with E-state index >= 15 is 0 Å². The van der Waals surface area contributed by atoms with Gasteiger partial charge in [-0.2, -0.15) is 0 Å². The molecule has 0 aliphatic heterocycles. The Morgan fingerprint density at radius 1 is 1.53 bits per heavy atom. The predicted molar refractivity (Wildman–Crippen MR) is 79.6 cm³/mol. The summed E-state index contributed by atoms with van der Waals surface area (Å²) in [6.07, 6.45) is 7.52. The summed E-state index contributed by atoms with van der Waals surface area (Å²) < 4.78 is 6.05. The fourth-order valence-corrected chi connectivity index (χ4v) is 2.66. The first-order valence-corrected chi connectivity index (χ1v) is 7.46. The van der Waals surface area contributed by atoms with Crippen molar-refractivity contribution in [2.45, 2.75) is 59.0 Å². The topological polar surface area (TPSA) is 22.1 Å². The van der Waals surface area contributed by atoms with Crippen molar-refractivity contribution in [1.82, 2.24) is 4.98 Å². The van der Waals surface area contributed by atoms with Crippen molar-refractivity contribution >= 4 is 0 Å². The second-order valence-electron chi connectivity index (χ2n) is 5.52. The number of hydrogen-bond donors (Lipinski definition) is 0. The van der Waals surface area contributed by atoms with Crippen LogP contribution in [0.25, 0.3) is 0 Å². The summed E-state index contributed by atoms with van der Waals surface area (Å²) in [5.74, 6) is 1.63. The van der Waals surface area contributed by atoms with Crippen molar-refractivity contribution in [3.8, 4) is 5.75 Å². The molecule has 19 heavy (non-hydrogen) atoms. The first kappa shape index (κ1) is 14.1. The lowest BCUT2D eigenvalue weighted by atomic mass is 9.81. The molecule has 2 rings (SSSR count). The molecule has 2 unspecified atom stereocenters. The van der Waals surface area contributed by atoms with Crippen molar-refractivity contribution in [2.75, 3.05) is 0 Å². The van der Waals surface area contributed by atoms with E-state index in [9.17, 15) is 0 Å². The lowest BCUT2D eigenvalue weighted by Crippen LogP contribution is -2.19. The maximum Gasteiger partial charge on any atom is 0.126 e. The number of fused-ring (bicyclic) bond motifs is 1. The van der Waals surface area contributed by atoms with E-state index in [1.807, 2.05) is 12.3 Å². The van der Waals surface area contributed by atoms with Gasteiger partial charge in [-0.25, -0.2) is 0 Å². The van der Waals surface area contributed by atoms with E-state index in [1.165, 1.54) is 23.3 Å². The van der Waals surface area contributed by atoms with Gasteiger partial charge in [0.25, 0.3) is 0 Å². The van der Waals surface area contributed by atoms with E-state index in [0.29, 0.717) is 5.92 Å². The highest BCUT2D eigenvalue weighted by molar-refractivity contribution is 5.39. The van der Waals surface area contributed by atoms with Gasteiger partial charge in [0.1, 0.15) is 5.75 Å². The summed E-state index contributed by atoms with van der Waals surface area (Å²) in [7, 11) is 0. The Morgan fingerprint density at radius 3 is 3.00 bits per heavy atom. The fourth-order valence-electron chi connectivity index (χ4n) is 2.66. The number of aryl methyl sites for hydroxylation is 1. The molecule has 1 aromatic heterocycles. The maximum atomic E-state index is 6.05. The van der Waals surface area contributed by atoms with Gasteiger partial charge >= 0.3 is 0 Å². The monoisotopic (exact) mass is 259 g/mol. The Kier molecular flexibility index (Phi) is 4.62. The van der Waals surface area contributed by atoms with Crippen LogP contribution in [0, 0.1) is 5.92 Å². The molecule has 0 amide bonds. The normalized spacial score (nSPS) is 19.6. The first-order chi connectivity index (χ1) is 9.15. The second kappa shape index (κ2) is 6.23. The molecule has 0 radical (unpaired) electrons. The van der Waals surface area contributed by atoms with Crippen molar-refractivity contribution in [3.05, 3.63) is 35.7 Å². The van der Waals surface area contributed by atoms with Gasteiger partial charge in [0, 0.05) is 17.5 Å². The molecule has 0 spiro atoms. The summed E-state index contributed by atoms with van der Waals surface area (Å²) in [6, 6.07) is 2.02. The maximum absolute atomic E-state index is 6.05. The second-order valence-corrected chi connectivity index (χ2v) is 5.52. The van der Waals surface area contributed by atoms with Crippen molar-refractivity contribution in [2.24, 2.45) is 5.92 Å². The number of nitrogens with zero attached hydrogens (tertiary/aromatic N) is 1. The van der Waals surface area contributed by atoms with Crippen LogP contribution in [0.3, 0.4) is 0 Å². The number of aromatic nitrogens is 1. The molecular weight excluding hydrogens is 234 g/mol. The van der Waals surface area contributed by atoms with Gasteiger partial charge in [-0.05, 0) is 51.0 Å². The molecule has 1 heterocycles. The van der Waals surface area contributed by atoms with Crippen LogP contribution in [0.4, 0.5) is 0 Å². The standard InChI is InChI=1S/C17H25NO/c1-5-12(3)14-7-8-16-15(11-14)17(9-10-18-16)19-13(4)6-2/h9-10,13-14H,3,5-8,11H2,1-2,4H3. The molecule has 1 aromatic rings. The first-order valence-electron chi connectivity index (χ1n) is 7.46. The molecule has 0 bridgehead atoms. The average Bonchev–Trinajstić information content (AvgIpc) is 2.46. The molecule has 0 N–H and O–H groups in total. The highest BCUT2D eigenvalue weighted by Gasteiger charge is 2.24. The minimum atomic E-state index is 0.265. The van der Waals surface area contributed by atoms with Gasteiger partial charge in [-0.3, -0.25) is 4.98 Å². The number of allylic oxidation sites excluding steroid dienone is 1. The smallest absolute Gasteiger partial charge is 0.126 e. The van der Waals surface area contributed by atoms with Gasteiger partial charge in [0.2, 0.25) is 0 Å². The highest BCUT2D eigenvalue weighted by atomic mass is 16.5. The third kappa shape index (κ3) is 3.17. The Balaban J connectivity index is 2.22. The van der Waals surface area contributed by atoms with Crippen molar-refractivity contribution in [1.29, 1.82) is 0 Å². The zero-order valence-electron chi connectivity index (χ0n) is 12.4. The molecule has 1 aliphatic rings. The molecule has 2 atom stereocenters. The van der Waals surface area contributed by atoms with Gasteiger partial charge in [0.05, 0.1) is 6.10 Å². The van der Waals surface area contributed by atoms with Gasteiger partial charge in [-0.1, -0.05) is 26.0 Å². The molecule has 0 aromatic carbocycles. The Bertz CT molecular complexity index is 453. The van der Waals surface area contributed by atoms with Crippen LogP contribution in [-0.4, -0.2) is 11.1 Å². The quantitative estimate of drug-likeness (QED) is 0.734. The van der Waals surface area contributed by atoms with E-state index in [1.54, 1.807) is 0 Å². The molecule has 2 nitrogen and oxygen atoms in total. The molecule has 0 saturated heterocycles. The van der Waals surface area contributed by atoms with Crippen LogP contribution >= 0.6 is 0 Å². The Hall–Kier alpha value is -1.31. The number of hydrogen-bond acceptors (Lipinski definition) is 2. The summed E-state index contributed by atoms with van der Waals surface area (Å²) >= 11 is 0. The summed E-state index contributed by atoms with van der Waals surface area (Å²) in [5, 5.41) is 0. The van der Waals surface area contributed by atoms with Crippen LogP contribution in [0.5, 0.6) is 5.75 Å². The average molecular weight is 259 g/mol. The number of rotatable bonds is 5. The molecular formula is C17H25NO. The molecule has 0 fully saturated rings. The van der Waals surface area contributed by atoms with E-state index in [4.69, 9.17) is 4.74 Å². The van der Waals surface area contributed by atoms with Gasteiger partial charge in [-0.15, -0.1) is 0 Å². The summed E-state index contributed by atoms with van der Waals surface area (Å²) in [5.41, 5.74) is 3.90. The van der Waals surface area contributed by atoms with Crippen LogP contribution in [0.1, 0.15) is 51.3 Å². The van der Waals surface area contributed by atoms with Gasteiger partial charge in [0.15, 0.2) is 0 Å². The summed E-state index contributed by atoms with van der Waals surface area (Å²) in [6.45, 7) is 10.7. The van der Waals surface area contributed by atoms with E-state index in [2.05, 4.69) is 32.3 Å². The Labute approximate surface area is 116 Å². The fraction of sp³-hybridized carbons (Fsp3) is 0.588. The van der Waals surface area contributed by atoms with Crippen LogP contribution < -0.4 is 4.74 Å². The SMILES string of the molecule is C=C(CC)C1CCc2nccc(OC(C)CC)c2C1. The molecule has 2 heteroatoms. The summed E-state index contributed by atoms with van der Waals surface area (Å²) in [4.78, 5) is 4.52. The number of pyridine rings is 1. The largest absolute Gasteiger partial charge is 0.490 e. The van der Waals surface area contributed by atoms with Gasteiger partial charge < -0.3 is 4.74 Å². The minimum Gasteiger partial charge on any atom is -0.490 e. The predicted octanol–water partition coefficient (Wildman–Crippen LogP) is 4.33. The highest BCUT2D eigenvalue weighted by Crippen LogP contribution is 2.35. The zero-order chi connectivity index (χ0) is 13.8. The third-order valence-corrected chi connectivity index (χ3v) is 4.22. The van der Waals surface area contributed by atoms with E-state index in [-0.39, 0.29) is 6.10 Å². The van der Waals surface area contributed by atoms with Crippen LogP contribution in [0.15, 0.2) is 24.4 Å². The molecule has 0 saturated carbocycles. The lowest BCUT2D eigenvalue weighted by Gasteiger charge is -2.27. The molecule has 1 aliphatic carbocycles. The van der Waals surface area contributed by atoms with E-state index < -0.39 is 0 Å².